The van der Waals surface area contributed by atoms with E-state index in [1.807, 2.05) is 25.1 Å². The topological polar surface area (TPSA) is 35.5 Å². The molecule has 0 atom stereocenters. The molecule has 0 saturated carbocycles. The number of aryl methyl sites for hydroxylation is 1. The first-order chi connectivity index (χ1) is 8.16. The third-order valence-electron chi connectivity index (χ3n) is 2.98. The minimum atomic E-state index is 0.0482. The summed E-state index contributed by atoms with van der Waals surface area (Å²) in [6, 6.07) is 5.71. The summed E-state index contributed by atoms with van der Waals surface area (Å²) in [6.45, 7) is 5.06. The van der Waals surface area contributed by atoms with Gasteiger partial charge in [0.05, 0.1) is 18.8 Å². The highest BCUT2D eigenvalue weighted by Gasteiger charge is 2.18. The second kappa shape index (κ2) is 5.32. The molecule has 0 amide bonds. The number of Topliss-reactive ketones (excluding diaryl/α,β-unsaturated/α-hetero) is 1. The minimum Gasteiger partial charge on any atom is -0.489 e. The summed E-state index contributed by atoms with van der Waals surface area (Å²) in [7, 11) is 0. The largest absolute Gasteiger partial charge is 0.489 e. The van der Waals surface area contributed by atoms with Crippen LogP contribution >= 0.6 is 0 Å². The molecule has 0 N–H and O–H groups in total. The van der Waals surface area contributed by atoms with E-state index in [1.165, 1.54) is 0 Å². The molecule has 3 heteroatoms. The van der Waals surface area contributed by atoms with Crippen LogP contribution in [0.3, 0.4) is 0 Å². The molecule has 3 nitrogen and oxygen atoms in total. The first-order valence-electron chi connectivity index (χ1n) is 6.03. The van der Waals surface area contributed by atoms with Crippen molar-refractivity contribution in [1.82, 2.24) is 0 Å². The lowest BCUT2D eigenvalue weighted by Gasteiger charge is -2.24. The molecule has 1 aliphatic heterocycles. The number of hydrogen-bond donors (Lipinski definition) is 0. The quantitative estimate of drug-likeness (QED) is 0.754. The van der Waals surface area contributed by atoms with Crippen molar-refractivity contribution >= 4 is 5.78 Å². The van der Waals surface area contributed by atoms with Crippen molar-refractivity contribution in [2.75, 3.05) is 13.2 Å². The van der Waals surface area contributed by atoms with E-state index in [0.29, 0.717) is 11.3 Å². The van der Waals surface area contributed by atoms with Crippen LogP contribution in [0.15, 0.2) is 18.2 Å². The maximum Gasteiger partial charge on any atom is 0.163 e. The lowest BCUT2D eigenvalue weighted by molar-refractivity contribution is 0.0252. The first-order valence-corrected chi connectivity index (χ1v) is 6.03. The highest BCUT2D eigenvalue weighted by molar-refractivity contribution is 5.96. The van der Waals surface area contributed by atoms with Crippen molar-refractivity contribution < 1.29 is 14.3 Å². The molecule has 1 fully saturated rings. The van der Waals surface area contributed by atoms with Crippen molar-refractivity contribution in [2.45, 2.75) is 32.8 Å². The van der Waals surface area contributed by atoms with E-state index >= 15 is 0 Å². The van der Waals surface area contributed by atoms with Crippen LogP contribution in [-0.2, 0) is 4.74 Å². The smallest absolute Gasteiger partial charge is 0.163 e. The van der Waals surface area contributed by atoms with E-state index in [4.69, 9.17) is 9.47 Å². The van der Waals surface area contributed by atoms with Crippen molar-refractivity contribution in [3.63, 3.8) is 0 Å². The Morgan fingerprint density at radius 3 is 2.71 bits per heavy atom. The molecule has 1 aromatic rings. The number of carbonyl (C=O) groups is 1. The molecular weight excluding hydrogens is 216 g/mol. The maximum atomic E-state index is 11.5. The predicted molar refractivity (Wildman–Crippen MR) is 65.7 cm³/mol. The molecule has 1 heterocycles. The van der Waals surface area contributed by atoms with Crippen LogP contribution in [0.1, 0.15) is 35.7 Å². The Balaban J connectivity index is 2.17. The van der Waals surface area contributed by atoms with Gasteiger partial charge in [-0.05, 0) is 31.5 Å². The second-order valence-corrected chi connectivity index (χ2v) is 4.49. The predicted octanol–water partition coefficient (Wildman–Crippen LogP) is 2.76. The van der Waals surface area contributed by atoms with Crippen molar-refractivity contribution in [2.24, 2.45) is 0 Å². The lowest BCUT2D eigenvalue weighted by atomic mass is 10.1. The van der Waals surface area contributed by atoms with Crippen LogP contribution in [0.25, 0.3) is 0 Å². The Labute approximate surface area is 102 Å². The van der Waals surface area contributed by atoms with Crippen molar-refractivity contribution in [3.05, 3.63) is 29.3 Å². The molecule has 0 aromatic heterocycles. The van der Waals surface area contributed by atoms with E-state index in [-0.39, 0.29) is 11.9 Å². The molecule has 1 aliphatic rings. The highest BCUT2D eigenvalue weighted by Crippen LogP contribution is 2.24. The SMILES string of the molecule is CC(=O)c1ccc(C)cc1OC1CCOCC1. The Bertz CT molecular complexity index is 406. The number of benzene rings is 1. The van der Waals surface area contributed by atoms with E-state index in [2.05, 4.69) is 0 Å². The van der Waals surface area contributed by atoms with Gasteiger partial charge in [-0.2, -0.15) is 0 Å². The molecule has 0 radical (unpaired) electrons. The van der Waals surface area contributed by atoms with Gasteiger partial charge in [0.15, 0.2) is 5.78 Å². The normalized spacial score (nSPS) is 16.8. The van der Waals surface area contributed by atoms with Gasteiger partial charge in [0, 0.05) is 12.8 Å². The molecule has 92 valence electrons. The van der Waals surface area contributed by atoms with E-state index in [9.17, 15) is 4.79 Å². The molecule has 1 saturated heterocycles. The Morgan fingerprint density at radius 2 is 2.06 bits per heavy atom. The zero-order valence-electron chi connectivity index (χ0n) is 10.4. The summed E-state index contributed by atoms with van der Waals surface area (Å²) >= 11 is 0. The van der Waals surface area contributed by atoms with Crippen LogP contribution in [0, 0.1) is 6.92 Å². The fourth-order valence-corrected chi connectivity index (χ4v) is 1.99. The van der Waals surface area contributed by atoms with Gasteiger partial charge in [0.2, 0.25) is 0 Å². The first kappa shape index (κ1) is 12.1. The zero-order chi connectivity index (χ0) is 12.3. The van der Waals surface area contributed by atoms with Gasteiger partial charge in [-0.15, -0.1) is 0 Å². The van der Waals surface area contributed by atoms with Gasteiger partial charge in [-0.25, -0.2) is 0 Å². The van der Waals surface area contributed by atoms with Gasteiger partial charge in [0.1, 0.15) is 11.9 Å². The molecular formula is C14H18O3. The zero-order valence-corrected chi connectivity index (χ0v) is 10.4. The van der Waals surface area contributed by atoms with Crippen LogP contribution < -0.4 is 4.74 Å². The molecule has 0 bridgehead atoms. The standard InChI is InChI=1S/C14H18O3/c1-10-3-4-13(11(2)15)14(9-10)17-12-5-7-16-8-6-12/h3-4,9,12H,5-8H2,1-2H3. The molecule has 2 rings (SSSR count). The van der Waals surface area contributed by atoms with E-state index in [0.717, 1.165) is 31.6 Å². The molecule has 17 heavy (non-hydrogen) atoms. The van der Waals surface area contributed by atoms with Crippen molar-refractivity contribution in [3.8, 4) is 5.75 Å². The Hall–Kier alpha value is -1.35. The number of ketones is 1. The maximum absolute atomic E-state index is 11.5. The molecule has 0 spiro atoms. The molecule has 1 aromatic carbocycles. The van der Waals surface area contributed by atoms with Crippen LogP contribution in [0.5, 0.6) is 5.75 Å². The second-order valence-electron chi connectivity index (χ2n) is 4.49. The molecule has 0 aliphatic carbocycles. The number of rotatable bonds is 3. The Morgan fingerprint density at radius 1 is 1.35 bits per heavy atom. The summed E-state index contributed by atoms with van der Waals surface area (Å²) in [4.78, 5) is 11.5. The summed E-state index contributed by atoms with van der Waals surface area (Å²) in [5.74, 6) is 0.761. The van der Waals surface area contributed by atoms with Crippen LogP contribution in [0.2, 0.25) is 0 Å². The van der Waals surface area contributed by atoms with Gasteiger partial charge in [-0.1, -0.05) is 6.07 Å². The number of carbonyl (C=O) groups excluding carboxylic acids is 1. The van der Waals surface area contributed by atoms with E-state index in [1.54, 1.807) is 6.92 Å². The Kier molecular flexibility index (Phi) is 3.79. The van der Waals surface area contributed by atoms with Gasteiger partial charge in [-0.3, -0.25) is 4.79 Å². The average molecular weight is 234 g/mol. The highest BCUT2D eigenvalue weighted by atomic mass is 16.5. The van der Waals surface area contributed by atoms with Gasteiger partial charge in [0.25, 0.3) is 0 Å². The number of ether oxygens (including phenoxy) is 2. The fourth-order valence-electron chi connectivity index (χ4n) is 1.99. The third kappa shape index (κ3) is 3.07. The lowest BCUT2D eigenvalue weighted by Crippen LogP contribution is -2.26. The van der Waals surface area contributed by atoms with Crippen LogP contribution in [0.4, 0.5) is 0 Å². The molecule has 0 unspecified atom stereocenters. The minimum absolute atomic E-state index is 0.0482. The fraction of sp³-hybridized carbons (Fsp3) is 0.500. The summed E-state index contributed by atoms with van der Waals surface area (Å²) in [5, 5.41) is 0. The van der Waals surface area contributed by atoms with Gasteiger partial charge >= 0.3 is 0 Å². The number of hydrogen-bond acceptors (Lipinski definition) is 3. The average Bonchev–Trinajstić information content (AvgIpc) is 2.30. The third-order valence-corrected chi connectivity index (χ3v) is 2.98. The van der Waals surface area contributed by atoms with Crippen molar-refractivity contribution in [1.29, 1.82) is 0 Å². The van der Waals surface area contributed by atoms with E-state index < -0.39 is 0 Å². The summed E-state index contributed by atoms with van der Waals surface area (Å²) in [6.07, 6.45) is 1.96. The van der Waals surface area contributed by atoms with Crippen LogP contribution in [-0.4, -0.2) is 25.1 Å². The monoisotopic (exact) mass is 234 g/mol. The summed E-state index contributed by atoms with van der Waals surface area (Å²) in [5.41, 5.74) is 1.78. The van der Waals surface area contributed by atoms with Gasteiger partial charge < -0.3 is 9.47 Å². The summed E-state index contributed by atoms with van der Waals surface area (Å²) < 4.78 is 11.2.